The van der Waals surface area contributed by atoms with Crippen molar-refractivity contribution in [1.82, 2.24) is 14.9 Å². The van der Waals surface area contributed by atoms with Gasteiger partial charge in [0.15, 0.2) is 5.76 Å². The highest BCUT2D eigenvalue weighted by atomic mass is 35.5. The lowest BCUT2D eigenvalue weighted by atomic mass is 10.3. The van der Waals surface area contributed by atoms with E-state index in [0.717, 1.165) is 0 Å². The number of anilines is 1. The largest absolute Gasteiger partial charge is 0.461 e. The first-order chi connectivity index (χ1) is 12.1. The molecule has 0 saturated carbocycles. The Labute approximate surface area is 157 Å². The van der Waals surface area contributed by atoms with Crippen molar-refractivity contribution in [2.75, 3.05) is 16.9 Å². The maximum absolute atomic E-state index is 12.1. The molecule has 2 aromatic heterocycles. The Morgan fingerprint density at radius 1 is 1.24 bits per heavy atom. The van der Waals surface area contributed by atoms with Gasteiger partial charge in [0.05, 0.1) is 22.0 Å². The monoisotopic (exact) mass is 397 g/mol. The average molecular weight is 398 g/mol. The molecule has 0 aliphatic heterocycles. The van der Waals surface area contributed by atoms with E-state index in [-0.39, 0.29) is 12.3 Å². The highest BCUT2D eigenvalue weighted by molar-refractivity contribution is 7.99. The molecule has 3 aromatic rings. The molecule has 3 rings (SSSR count). The standard InChI is InChI=1S/C15H13Cl2N5O2S/c16-9-3-1-4-10(17)13(9)19-12(23)6-8-25-15-21-20-14(22(15)18)11-5-2-7-24-11/h1-5,7H,6,8,18H2,(H,19,23). The second-order valence-electron chi connectivity index (χ2n) is 4.90. The number of nitrogens with two attached hydrogens (primary N) is 1. The molecule has 0 aliphatic rings. The lowest BCUT2D eigenvalue weighted by Gasteiger charge is -2.08. The molecule has 0 atom stereocenters. The van der Waals surface area contributed by atoms with Crippen molar-refractivity contribution < 1.29 is 9.21 Å². The number of halogens is 2. The predicted octanol–water partition coefficient (Wildman–Crippen LogP) is 3.68. The highest BCUT2D eigenvalue weighted by Gasteiger charge is 2.15. The number of para-hydroxylation sites is 1. The summed E-state index contributed by atoms with van der Waals surface area (Å²) in [5.41, 5.74) is 0.405. The molecular formula is C15H13Cl2N5O2S. The number of furan rings is 1. The van der Waals surface area contributed by atoms with Crippen LogP contribution in [-0.4, -0.2) is 26.5 Å². The van der Waals surface area contributed by atoms with Gasteiger partial charge in [-0.25, -0.2) is 4.68 Å². The number of amides is 1. The van der Waals surface area contributed by atoms with Gasteiger partial charge in [-0.05, 0) is 24.3 Å². The van der Waals surface area contributed by atoms with Crippen LogP contribution in [0.2, 0.25) is 10.0 Å². The minimum absolute atomic E-state index is 0.211. The van der Waals surface area contributed by atoms with Crippen molar-refractivity contribution >= 4 is 46.6 Å². The van der Waals surface area contributed by atoms with E-state index >= 15 is 0 Å². The summed E-state index contributed by atoms with van der Waals surface area (Å²) >= 11 is 13.4. The van der Waals surface area contributed by atoms with E-state index in [4.69, 9.17) is 33.5 Å². The third-order valence-corrected chi connectivity index (χ3v) is 4.77. The number of hydrogen-bond acceptors (Lipinski definition) is 6. The summed E-state index contributed by atoms with van der Waals surface area (Å²) < 4.78 is 6.57. The number of aromatic nitrogens is 3. The molecule has 0 saturated heterocycles. The van der Waals surface area contributed by atoms with Crippen LogP contribution in [-0.2, 0) is 4.79 Å². The average Bonchev–Trinajstić information content (AvgIpc) is 3.22. The third kappa shape index (κ3) is 4.09. The number of thioether (sulfide) groups is 1. The van der Waals surface area contributed by atoms with Crippen molar-refractivity contribution in [2.45, 2.75) is 11.6 Å². The van der Waals surface area contributed by atoms with Crippen LogP contribution in [0.15, 0.2) is 46.2 Å². The van der Waals surface area contributed by atoms with Crippen LogP contribution in [0.5, 0.6) is 0 Å². The van der Waals surface area contributed by atoms with Crippen LogP contribution in [0, 0.1) is 0 Å². The second kappa shape index (κ2) is 7.81. The fourth-order valence-electron chi connectivity index (χ4n) is 2.00. The van der Waals surface area contributed by atoms with Gasteiger partial charge < -0.3 is 15.6 Å². The van der Waals surface area contributed by atoms with E-state index in [1.807, 2.05) is 0 Å². The van der Waals surface area contributed by atoms with Crippen LogP contribution in [0.25, 0.3) is 11.6 Å². The van der Waals surface area contributed by atoms with Crippen molar-refractivity contribution in [3.05, 3.63) is 46.6 Å². The number of hydrogen-bond donors (Lipinski definition) is 2. The van der Waals surface area contributed by atoms with Gasteiger partial charge in [0.25, 0.3) is 0 Å². The number of carbonyl (C=O) groups excluding carboxylic acids is 1. The van der Waals surface area contributed by atoms with E-state index in [0.29, 0.717) is 38.2 Å². The molecule has 0 unspecified atom stereocenters. The maximum Gasteiger partial charge on any atom is 0.225 e. The highest BCUT2D eigenvalue weighted by Crippen LogP contribution is 2.30. The van der Waals surface area contributed by atoms with Crippen LogP contribution < -0.4 is 11.2 Å². The normalized spacial score (nSPS) is 10.8. The molecule has 25 heavy (non-hydrogen) atoms. The molecular weight excluding hydrogens is 385 g/mol. The van der Waals surface area contributed by atoms with Gasteiger partial charge >= 0.3 is 0 Å². The smallest absolute Gasteiger partial charge is 0.225 e. The molecule has 0 spiro atoms. The summed E-state index contributed by atoms with van der Waals surface area (Å²) in [5.74, 6) is 7.14. The molecule has 1 amide bonds. The first-order valence-corrected chi connectivity index (χ1v) is 8.91. The predicted molar refractivity (Wildman–Crippen MR) is 98.3 cm³/mol. The van der Waals surface area contributed by atoms with E-state index < -0.39 is 0 Å². The van der Waals surface area contributed by atoms with E-state index in [9.17, 15) is 4.79 Å². The molecule has 2 heterocycles. The van der Waals surface area contributed by atoms with Crippen LogP contribution >= 0.6 is 35.0 Å². The SMILES string of the molecule is Nn1c(SCCC(=O)Nc2c(Cl)cccc2Cl)nnc1-c1ccco1. The summed E-state index contributed by atoms with van der Waals surface area (Å²) in [5, 5.41) is 11.9. The Bertz CT molecular complexity index is 862. The summed E-state index contributed by atoms with van der Waals surface area (Å²) in [7, 11) is 0. The fraction of sp³-hybridized carbons (Fsp3) is 0.133. The first-order valence-electron chi connectivity index (χ1n) is 7.17. The van der Waals surface area contributed by atoms with Gasteiger partial charge in [0.2, 0.25) is 16.9 Å². The Hall–Kier alpha value is -2.16. The van der Waals surface area contributed by atoms with Crippen LogP contribution in [0.4, 0.5) is 5.69 Å². The Kier molecular flexibility index (Phi) is 5.52. The quantitative estimate of drug-likeness (QED) is 0.486. The fourth-order valence-corrected chi connectivity index (χ4v) is 3.29. The minimum atomic E-state index is -0.211. The third-order valence-electron chi connectivity index (χ3n) is 3.19. The second-order valence-corrected chi connectivity index (χ2v) is 6.77. The van der Waals surface area contributed by atoms with Crippen molar-refractivity contribution in [1.29, 1.82) is 0 Å². The topological polar surface area (TPSA) is 99.0 Å². The van der Waals surface area contributed by atoms with Crippen molar-refractivity contribution in [2.24, 2.45) is 0 Å². The number of nitrogens with zero attached hydrogens (tertiary/aromatic N) is 3. The van der Waals surface area contributed by atoms with Gasteiger partial charge in [-0.1, -0.05) is 41.0 Å². The summed E-state index contributed by atoms with van der Waals surface area (Å²) in [6, 6.07) is 8.50. The van der Waals surface area contributed by atoms with Gasteiger partial charge in [0, 0.05) is 12.2 Å². The number of rotatable bonds is 6. The first kappa shape index (κ1) is 17.7. The van der Waals surface area contributed by atoms with Gasteiger partial charge in [-0.2, -0.15) is 0 Å². The number of benzene rings is 1. The van der Waals surface area contributed by atoms with E-state index in [2.05, 4.69) is 15.5 Å². The zero-order chi connectivity index (χ0) is 17.8. The molecule has 0 aliphatic carbocycles. The Morgan fingerprint density at radius 2 is 2.00 bits per heavy atom. The Morgan fingerprint density at radius 3 is 2.68 bits per heavy atom. The number of carbonyl (C=O) groups is 1. The van der Waals surface area contributed by atoms with E-state index in [1.54, 1.807) is 30.3 Å². The molecule has 0 radical (unpaired) electrons. The van der Waals surface area contributed by atoms with Gasteiger partial charge in [0.1, 0.15) is 0 Å². The lowest BCUT2D eigenvalue weighted by Crippen LogP contribution is -2.14. The molecule has 0 bridgehead atoms. The lowest BCUT2D eigenvalue weighted by molar-refractivity contribution is -0.115. The molecule has 10 heteroatoms. The molecule has 0 fully saturated rings. The summed E-state index contributed by atoms with van der Waals surface area (Å²) in [6.07, 6.45) is 1.76. The molecule has 130 valence electrons. The summed E-state index contributed by atoms with van der Waals surface area (Å²) in [4.78, 5) is 12.1. The van der Waals surface area contributed by atoms with Crippen molar-refractivity contribution in [3.63, 3.8) is 0 Å². The molecule has 1 aromatic carbocycles. The van der Waals surface area contributed by atoms with Gasteiger partial charge in [-0.15, -0.1) is 10.2 Å². The van der Waals surface area contributed by atoms with Crippen molar-refractivity contribution in [3.8, 4) is 11.6 Å². The maximum atomic E-state index is 12.1. The van der Waals surface area contributed by atoms with E-state index in [1.165, 1.54) is 22.7 Å². The number of nitrogen functional groups attached to an aromatic ring is 1. The summed E-state index contributed by atoms with van der Waals surface area (Å²) in [6.45, 7) is 0. The molecule has 3 N–H and O–H groups in total. The molecule has 7 nitrogen and oxygen atoms in total. The van der Waals surface area contributed by atoms with Crippen LogP contribution in [0.3, 0.4) is 0 Å². The number of nitrogens with one attached hydrogen (secondary N) is 1. The zero-order valence-electron chi connectivity index (χ0n) is 12.8. The minimum Gasteiger partial charge on any atom is -0.461 e. The van der Waals surface area contributed by atoms with Crippen LogP contribution in [0.1, 0.15) is 6.42 Å². The Balaban J connectivity index is 1.56. The zero-order valence-corrected chi connectivity index (χ0v) is 15.1. The van der Waals surface area contributed by atoms with Gasteiger partial charge in [-0.3, -0.25) is 4.79 Å².